The Balaban J connectivity index is 2.05. The molecule has 26 heavy (non-hydrogen) atoms. The zero-order valence-corrected chi connectivity index (χ0v) is 14.1. The van der Waals surface area contributed by atoms with Gasteiger partial charge in [0.2, 0.25) is 0 Å². The van der Waals surface area contributed by atoms with Gasteiger partial charge in [-0.2, -0.15) is 13.2 Å². The third kappa shape index (κ3) is 3.22. The Morgan fingerprint density at radius 2 is 2.15 bits per heavy atom. The summed E-state index contributed by atoms with van der Waals surface area (Å²) in [6.45, 7) is 5.68. The highest BCUT2D eigenvalue weighted by Gasteiger charge is 2.34. The molecule has 0 fully saturated rings. The highest BCUT2D eigenvalue weighted by molar-refractivity contribution is 5.85. The summed E-state index contributed by atoms with van der Waals surface area (Å²) in [5.41, 5.74) is 7.17. The quantitative estimate of drug-likeness (QED) is 0.847. The Morgan fingerprint density at radius 3 is 2.81 bits per heavy atom. The topological polar surface area (TPSA) is 59.2 Å². The molecule has 2 atom stereocenters. The average Bonchev–Trinajstić information content (AvgIpc) is 2.93. The molecule has 2 unspecified atom stereocenters. The molecule has 0 saturated heterocycles. The number of benzene rings is 1. The van der Waals surface area contributed by atoms with Crippen molar-refractivity contribution in [3.05, 3.63) is 65.5 Å². The molecular weight excluding hydrogens is 343 g/mol. The van der Waals surface area contributed by atoms with Gasteiger partial charge in [0.25, 0.3) is 0 Å². The van der Waals surface area contributed by atoms with E-state index in [4.69, 9.17) is 5.73 Å². The molecule has 0 amide bonds. The molecule has 7 heteroatoms. The van der Waals surface area contributed by atoms with Crippen molar-refractivity contribution < 1.29 is 18.0 Å². The molecule has 2 heterocycles. The van der Waals surface area contributed by atoms with Crippen molar-refractivity contribution in [2.45, 2.75) is 25.2 Å². The van der Waals surface area contributed by atoms with Crippen LogP contribution in [0.1, 0.15) is 22.9 Å². The second kappa shape index (κ2) is 6.57. The number of rotatable bonds is 4. The van der Waals surface area contributed by atoms with Crippen LogP contribution in [0.3, 0.4) is 0 Å². The molecule has 1 aromatic carbocycles. The number of aromatic nitrogens is 1. The van der Waals surface area contributed by atoms with Crippen molar-refractivity contribution >= 4 is 17.2 Å². The maximum atomic E-state index is 13.3. The summed E-state index contributed by atoms with van der Waals surface area (Å²) >= 11 is 0. The summed E-state index contributed by atoms with van der Waals surface area (Å²) in [5.74, 6) is 0. The number of aryl methyl sites for hydroxylation is 1. The van der Waals surface area contributed by atoms with Crippen molar-refractivity contribution in [2.24, 2.45) is 5.73 Å². The molecule has 0 aliphatic carbocycles. The first-order valence-corrected chi connectivity index (χ1v) is 8.03. The van der Waals surface area contributed by atoms with Gasteiger partial charge in [0.05, 0.1) is 5.52 Å². The molecule has 3 rings (SSSR count). The monoisotopic (exact) mass is 361 g/mol. The maximum absolute atomic E-state index is 13.3. The summed E-state index contributed by atoms with van der Waals surface area (Å²) in [7, 11) is 0. The number of pyridine rings is 1. The van der Waals surface area contributed by atoms with Crippen molar-refractivity contribution in [1.29, 1.82) is 0 Å². The van der Waals surface area contributed by atoms with E-state index in [0.29, 0.717) is 22.1 Å². The molecule has 0 bridgehead atoms. The summed E-state index contributed by atoms with van der Waals surface area (Å²) in [6.07, 6.45) is -0.453. The molecule has 136 valence electrons. The minimum Gasteiger partial charge on any atom is -0.362 e. The van der Waals surface area contributed by atoms with Gasteiger partial charge >= 0.3 is 6.18 Å². The second-order valence-electron chi connectivity index (χ2n) is 6.34. The van der Waals surface area contributed by atoms with E-state index in [0.717, 1.165) is 12.4 Å². The molecule has 0 saturated carbocycles. The van der Waals surface area contributed by atoms with Gasteiger partial charge in [0.1, 0.15) is 18.0 Å². The Bertz CT molecular complexity index is 905. The standard InChI is InChI=1S/C19H18F3N3O/c1-11-6-7-25(16(11)10-26)9-15(23)14-8-17(19(20,21)22)24-18-12(2)4-3-5-13(14)18/h3-8,10,15-16H,1,9,23H2,2H3. The third-order valence-electron chi connectivity index (χ3n) is 4.52. The van der Waals surface area contributed by atoms with Crippen LogP contribution in [0.4, 0.5) is 13.2 Å². The number of hydrogen-bond donors (Lipinski definition) is 1. The molecule has 0 spiro atoms. The van der Waals surface area contributed by atoms with Gasteiger partial charge in [-0.05, 0) is 35.8 Å². The second-order valence-corrected chi connectivity index (χ2v) is 6.34. The van der Waals surface area contributed by atoms with Gasteiger partial charge in [-0.15, -0.1) is 0 Å². The first-order chi connectivity index (χ1) is 12.2. The van der Waals surface area contributed by atoms with E-state index < -0.39 is 24.0 Å². The van der Waals surface area contributed by atoms with Crippen molar-refractivity contribution in [2.75, 3.05) is 6.54 Å². The molecule has 2 aromatic rings. The summed E-state index contributed by atoms with van der Waals surface area (Å²) < 4.78 is 39.8. The van der Waals surface area contributed by atoms with Gasteiger partial charge < -0.3 is 15.4 Å². The first-order valence-electron chi connectivity index (χ1n) is 8.03. The predicted octanol–water partition coefficient (Wildman–Crippen LogP) is 3.51. The van der Waals surface area contributed by atoms with Crippen LogP contribution in [0.2, 0.25) is 0 Å². The Morgan fingerprint density at radius 1 is 1.42 bits per heavy atom. The van der Waals surface area contributed by atoms with E-state index in [1.807, 2.05) is 0 Å². The minimum absolute atomic E-state index is 0.184. The zero-order valence-electron chi connectivity index (χ0n) is 14.1. The lowest BCUT2D eigenvalue weighted by atomic mass is 9.98. The lowest BCUT2D eigenvalue weighted by Gasteiger charge is -2.26. The number of hydrogen-bond acceptors (Lipinski definition) is 4. The van der Waals surface area contributed by atoms with Crippen molar-refractivity contribution in [3.63, 3.8) is 0 Å². The maximum Gasteiger partial charge on any atom is 0.433 e. The van der Waals surface area contributed by atoms with Gasteiger partial charge in [-0.25, -0.2) is 4.98 Å². The van der Waals surface area contributed by atoms with Crippen LogP contribution in [0, 0.1) is 6.92 Å². The Labute approximate surface area is 148 Å². The van der Waals surface area contributed by atoms with Crippen LogP contribution in [0.25, 0.3) is 10.9 Å². The lowest BCUT2D eigenvalue weighted by Crippen LogP contribution is -2.35. The molecule has 1 aromatic heterocycles. The molecule has 4 nitrogen and oxygen atoms in total. The van der Waals surface area contributed by atoms with E-state index in [2.05, 4.69) is 11.6 Å². The summed E-state index contributed by atoms with van der Waals surface area (Å²) in [5, 5.41) is 0.579. The van der Waals surface area contributed by atoms with Crippen LogP contribution in [-0.2, 0) is 11.0 Å². The van der Waals surface area contributed by atoms with E-state index in [1.54, 1.807) is 42.3 Å². The van der Waals surface area contributed by atoms with Gasteiger partial charge in [-0.1, -0.05) is 24.8 Å². The Hall–Kier alpha value is -2.67. The number of nitrogens with zero attached hydrogens (tertiary/aromatic N) is 2. The fraction of sp³-hybridized carbons (Fsp3) is 0.263. The highest BCUT2D eigenvalue weighted by atomic mass is 19.4. The van der Waals surface area contributed by atoms with Crippen LogP contribution in [-0.4, -0.2) is 28.8 Å². The zero-order chi connectivity index (χ0) is 19.1. The predicted molar refractivity (Wildman–Crippen MR) is 93.2 cm³/mol. The van der Waals surface area contributed by atoms with Crippen molar-refractivity contribution in [3.8, 4) is 0 Å². The summed E-state index contributed by atoms with van der Waals surface area (Å²) in [6, 6.07) is 4.89. The lowest BCUT2D eigenvalue weighted by molar-refractivity contribution is -0.141. The number of carbonyl (C=O) groups excluding carboxylic acids is 1. The fourth-order valence-corrected chi connectivity index (χ4v) is 3.13. The number of carbonyl (C=O) groups is 1. The number of aldehydes is 1. The van der Waals surface area contributed by atoms with E-state index in [9.17, 15) is 18.0 Å². The molecule has 1 aliphatic rings. The number of halogens is 3. The largest absolute Gasteiger partial charge is 0.433 e. The number of fused-ring (bicyclic) bond motifs is 1. The van der Waals surface area contributed by atoms with E-state index >= 15 is 0 Å². The smallest absolute Gasteiger partial charge is 0.362 e. The van der Waals surface area contributed by atoms with E-state index in [-0.39, 0.29) is 12.1 Å². The molecular formula is C19H18F3N3O. The van der Waals surface area contributed by atoms with Gasteiger partial charge in [0, 0.05) is 24.2 Å². The summed E-state index contributed by atoms with van der Waals surface area (Å²) in [4.78, 5) is 16.7. The van der Waals surface area contributed by atoms with Crippen LogP contribution >= 0.6 is 0 Å². The minimum atomic E-state index is -4.57. The SMILES string of the molecule is C=C1C=CN(CC(N)c2cc(C(F)(F)F)nc3c(C)cccc23)C1C=O. The number of nitrogens with two attached hydrogens (primary N) is 1. The number of para-hydroxylation sites is 1. The van der Waals surface area contributed by atoms with E-state index in [1.165, 1.54) is 0 Å². The third-order valence-corrected chi connectivity index (χ3v) is 4.52. The van der Waals surface area contributed by atoms with Crippen molar-refractivity contribution in [1.82, 2.24) is 9.88 Å². The Kier molecular flexibility index (Phi) is 4.58. The van der Waals surface area contributed by atoms with Crippen LogP contribution < -0.4 is 5.73 Å². The molecule has 1 aliphatic heterocycles. The van der Waals surface area contributed by atoms with Crippen LogP contribution in [0.15, 0.2) is 48.7 Å². The average molecular weight is 361 g/mol. The number of alkyl halides is 3. The fourth-order valence-electron chi connectivity index (χ4n) is 3.13. The van der Waals surface area contributed by atoms with Gasteiger partial charge in [0.15, 0.2) is 0 Å². The normalized spacial score (nSPS) is 18.6. The van der Waals surface area contributed by atoms with Crippen LogP contribution in [0.5, 0.6) is 0 Å². The first kappa shape index (κ1) is 18.1. The molecule has 2 N–H and O–H groups in total. The molecule has 0 radical (unpaired) electrons. The van der Waals surface area contributed by atoms with Gasteiger partial charge in [-0.3, -0.25) is 0 Å². The highest BCUT2D eigenvalue weighted by Crippen LogP contribution is 2.34.